The molecule has 2 heterocycles. The molecule has 1 saturated heterocycles. The summed E-state index contributed by atoms with van der Waals surface area (Å²) in [6.45, 7) is 0. The number of carbonyl (C=O) groups is 2. The third kappa shape index (κ3) is 1.75. The predicted molar refractivity (Wildman–Crippen MR) is 82.4 cm³/mol. The summed E-state index contributed by atoms with van der Waals surface area (Å²) in [5.74, 6) is -0.624. The lowest BCUT2D eigenvalue weighted by atomic mass is 9.92. The number of benzene rings is 2. The molecule has 2 aromatic carbocycles. The number of nitrogens with one attached hydrogen (secondary N) is 1. The average Bonchev–Trinajstić information content (AvgIpc) is 3.20. The maximum Gasteiger partial charge on any atom is 0.264 e. The molecule has 0 saturated carbocycles. The zero-order valence-corrected chi connectivity index (χ0v) is 12.6. The van der Waals surface area contributed by atoms with Crippen molar-refractivity contribution in [3.8, 4) is 0 Å². The summed E-state index contributed by atoms with van der Waals surface area (Å²) in [5.41, 5.74) is 0.166. The van der Waals surface area contributed by atoms with Crippen LogP contribution >= 0.6 is 23.2 Å². The lowest BCUT2D eigenvalue weighted by Gasteiger charge is -2.05. The molecule has 22 heavy (non-hydrogen) atoms. The Labute approximate surface area is 136 Å². The first-order valence-corrected chi connectivity index (χ1v) is 7.37. The molecule has 2 aliphatic rings. The summed E-state index contributed by atoms with van der Waals surface area (Å²) in [6, 6.07) is 11.9. The van der Waals surface area contributed by atoms with E-state index < -0.39 is 11.7 Å². The van der Waals surface area contributed by atoms with E-state index in [1.54, 1.807) is 30.3 Å². The van der Waals surface area contributed by atoms with Crippen molar-refractivity contribution in [2.75, 3.05) is 5.32 Å². The molecule has 0 bridgehead atoms. The first-order chi connectivity index (χ1) is 10.5. The van der Waals surface area contributed by atoms with Crippen molar-refractivity contribution in [3.05, 3.63) is 63.6 Å². The Morgan fingerprint density at radius 1 is 1.18 bits per heavy atom. The number of hydrogen-bond acceptors (Lipinski definition) is 3. The highest BCUT2D eigenvalue weighted by Crippen LogP contribution is 2.56. The Morgan fingerprint density at radius 2 is 1.91 bits per heavy atom. The van der Waals surface area contributed by atoms with Crippen LogP contribution < -0.4 is 5.32 Å². The maximum absolute atomic E-state index is 12.5. The van der Waals surface area contributed by atoms with Gasteiger partial charge in [-0.1, -0.05) is 53.5 Å². The number of fused-ring (bicyclic) bond motifs is 2. The molecule has 2 atom stereocenters. The number of anilines is 1. The van der Waals surface area contributed by atoms with E-state index in [1.165, 1.54) is 6.07 Å². The summed E-state index contributed by atoms with van der Waals surface area (Å²) < 4.78 is 5.55. The van der Waals surface area contributed by atoms with Gasteiger partial charge in [-0.25, -0.2) is 0 Å². The summed E-state index contributed by atoms with van der Waals surface area (Å²) in [5, 5.41) is 3.39. The molecule has 4 rings (SSSR count). The van der Waals surface area contributed by atoms with Crippen LogP contribution in [0.3, 0.4) is 0 Å². The van der Waals surface area contributed by atoms with Gasteiger partial charge in [0.05, 0.1) is 10.7 Å². The highest BCUT2D eigenvalue weighted by Gasteiger charge is 2.70. The number of ketones is 1. The van der Waals surface area contributed by atoms with Gasteiger partial charge in [0.15, 0.2) is 11.9 Å². The smallest absolute Gasteiger partial charge is 0.264 e. The van der Waals surface area contributed by atoms with Crippen LogP contribution in [0.25, 0.3) is 0 Å². The standard InChI is InChI=1S/C16H9Cl2NO3/c17-9-6-10-12(11(18)7-9)19-15(21)16(10)14(22-16)13(20)8-4-2-1-3-5-8/h1-7,14H,(H,19,21). The topological polar surface area (TPSA) is 58.7 Å². The fourth-order valence-electron chi connectivity index (χ4n) is 2.84. The maximum atomic E-state index is 12.5. The molecule has 0 aromatic heterocycles. The van der Waals surface area contributed by atoms with E-state index in [9.17, 15) is 9.59 Å². The van der Waals surface area contributed by atoms with Gasteiger partial charge < -0.3 is 10.1 Å². The van der Waals surface area contributed by atoms with Crippen LogP contribution in [-0.2, 0) is 15.1 Å². The number of Topliss-reactive ketones (excluding diaryl/α,β-unsaturated/α-hetero) is 1. The van der Waals surface area contributed by atoms with Gasteiger partial charge in [0.25, 0.3) is 5.91 Å². The second kappa shape index (κ2) is 4.56. The lowest BCUT2D eigenvalue weighted by Crippen LogP contribution is -2.27. The van der Waals surface area contributed by atoms with E-state index in [1.807, 2.05) is 6.07 Å². The number of halogens is 2. The monoisotopic (exact) mass is 333 g/mol. The van der Waals surface area contributed by atoms with Crippen molar-refractivity contribution in [2.45, 2.75) is 11.7 Å². The van der Waals surface area contributed by atoms with Crippen molar-refractivity contribution in [2.24, 2.45) is 0 Å². The Morgan fingerprint density at radius 3 is 2.64 bits per heavy atom. The minimum absolute atomic E-state index is 0.236. The molecule has 1 N–H and O–H groups in total. The van der Waals surface area contributed by atoms with Crippen molar-refractivity contribution in [1.82, 2.24) is 0 Å². The summed E-state index contributed by atoms with van der Waals surface area (Å²) in [4.78, 5) is 24.9. The number of epoxide rings is 1. The largest absolute Gasteiger partial charge is 0.342 e. The number of amides is 1. The number of rotatable bonds is 2. The van der Waals surface area contributed by atoms with Gasteiger partial charge in [0.2, 0.25) is 5.60 Å². The highest BCUT2D eigenvalue weighted by atomic mass is 35.5. The van der Waals surface area contributed by atoms with Crippen LogP contribution in [0.2, 0.25) is 10.0 Å². The van der Waals surface area contributed by atoms with E-state index in [2.05, 4.69) is 5.32 Å². The molecular formula is C16H9Cl2NO3. The van der Waals surface area contributed by atoms with E-state index in [4.69, 9.17) is 27.9 Å². The third-order valence-electron chi connectivity index (χ3n) is 3.94. The average molecular weight is 334 g/mol. The van der Waals surface area contributed by atoms with Gasteiger partial charge in [0, 0.05) is 16.1 Å². The molecule has 2 aromatic rings. The van der Waals surface area contributed by atoms with Crippen LogP contribution in [0.5, 0.6) is 0 Å². The van der Waals surface area contributed by atoms with Crippen LogP contribution in [0.15, 0.2) is 42.5 Å². The summed E-state index contributed by atoms with van der Waals surface area (Å²) >= 11 is 12.1. The minimum Gasteiger partial charge on any atom is -0.342 e. The summed E-state index contributed by atoms with van der Waals surface area (Å²) in [7, 11) is 0. The molecule has 6 heteroatoms. The number of hydrogen-bond donors (Lipinski definition) is 1. The Kier molecular flexibility index (Phi) is 2.85. The molecule has 4 nitrogen and oxygen atoms in total. The molecule has 1 amide bonds. The quantitative estimate of drug-likeness (QED) is 0.676. The molecule has 0 aliphatic carbocycles. The minimum atomic E-state index is -1.31. The second-order valence-corrected chi connectivity index (χ2v) is 6.07. The van der Waals surface area contributed by atoms with Crippen molar-refractivity contribution >= 4 is 40.6 Å². The lowest BCUT2D eigenvalue weighted by molar-refractivity contribution is -0.120. The number of ether oxygens (including phenoxy) is 1. The van der Waals surface area contributed by atoms with Gasteiger partial charge in [-0.2, -0.15) is 0 Å². The molecule has 110 valence electrons. The molecule has 1 spiro atoms. The van der Waals surface area contributed by atoms with Gasteiger partial charge in [0.1, 0.15) is 0 Å². The van der Waals surface area contributed by atoms with Crippen LogP contribution in [0.4, 0.5) is 5.69 Å². The normalized spacial score (nSPS) is 25.0. The zero-order chi connectivity index (χ0) is 15.5. The molecule has 2 aliphatic heterocycles. The first-order valence-electron chi connectivity index (χ1n) is 6.62. The second-order valence-electron chi connectivity index (χ2n) is 5.23. The van der Waals surface area contributed by atoms with Crippen LogP contribution in [-0.4, -0.2) is 17.8 Å². The molecule has 0 radical (unpaired) electrons. The van der Waals surface area contributed by atoms with E-state index in [0.717, 1.165) is 0 Å². The molecule has 1 fully saturated rings. The van der Waals surface area contributed by atoms with Gasteiger partial charge >= 0.3 is 0 Å². The van der Waals surface area contributed by atoms with Gasteiger partial charge in [-0.15, -0.1) is 0 Å². The van der Waals surface area contributed by atoms with Crippen molar-refractivity contribution in [1.29, 1.82) is 0 Å². The van der Waals surface area contributed by atoms with Crippen molar-refractivity contribution in [3.63, 3.8) is 0 Å². The van der Waals surface area contributed by atoms with E-state index >= 15 is 0 Å². The van der Waals surface area contributed by atoms with E-state index in [-0.39, 0.29) is 11.7 Å². The molecule has 2 unspecified atom stereocenters. The van der Waals surface area contributed by atoms with E-state index in [0.29, 0.717) is 26.9 Å². The highest BCUT2D eigenvalue weighted by molar-refractivity contribution is 6.38. The zero-order valence-electron chi connectivity index (χ0n) is 11.1. The van der Waals surface area contributed by atoms with Gasteiger partial charge in [-0.05, 0) is 12.1 Å². The Hall–Kier alpha value is -1.88. The Balaban J connectivity index is 1.77. The third-order valence-corrected chi connectivity index (χ3v) is 4.46. The number of carbonyl (C=O) groups excluding carboxylic acids is 2. The van der Waals surface area contributed by atoms with Gasteiger partial charge in [-0.3, -0.25) is 9.59 Å². The Bertz CT molecular complexity index is 822. The SMILES string of the molecule is O=C(c1ccccc1)C1OC12C(=O)Nc1c(Cl)cc(Cl)cc12. The van der Waals surface area contributed by atoms with Crippen molar-refractivity contribution < 1.29 is 14.3 Å². The first kappa shape index (κ1) is 13.8. The van der Waals surface area contributed by atoms with Crippen LogP contribution in [0, 0.1) is 0 Å². The van der Waals surface area contributed by atoms with Crippen LogP contribution in [0.1, 0.15) is 15.9 Å². The predicted octanol–water partition coefficient (Wildman–Crippen LogP) is 3.42. The molecular weight excluding hydrogens is 325 g/mol. The fourth-order valence-corrected chi connectivity index (χ4v) is 3.38. The summed E-state index contributed by atoms with van der Waals surface area (Å²) in [6.07, 6.45) is -0.856. The fraction of sp³-hybridized carbons (Fsp3) is 0.125.